The second-order valence-corrected chi connectivity index (χ2v) is 15.3. The molecule has 1 fully saturated rings. The Morgan fingerprint density at radius 3 is 1.54 bits per heavy atom. The van der Waals surface area contributed by atoms with Crippen molar-refractivity contribution in [2.45, 2.75) is 70.3 Å². The molecule has 0 amide bonds. The van der Waals surface area contributed by atoms with Crippen LogP contribution in [0, 0.1) is 5.82 Å². The van der Waals surface area contributed by atoms with E-state index in [1.165, 1.54) is 85.8 Å². The highest BCUT2D eigenvalue weighted by Gasteiger charge is 2.56. The Kier molecular flexibility index (Phi) is 15.9. The maximum atomic E-state index is 16.5. The molecule has 1 aliphatic heterocycles. The van der Waals surface area contributed by atoms with Crippen LogP contribution in [0.25, 0.3) is 0 Å². The van der Waals surface area contributed by atoms with Gasteiger partial charge in [-0.3, -0.25) is 4.79 Å². The lowest BCUT2D eigenvalue weighted by molar-refractivity contribution is -0.284. The van der Waals surface area contributed by atoms with Crippen molar-refractivity contribution in [1.82, 2.24) is 0 Å². The van der Waals surface area contributed by atoms with Gasteiger partial charge >= 0.3 is 36.5 Å². The van der Waals surface area contributed by atoms with Crippen molar-refractivity contribution in [3.05, 3.63) is 202 Å². The summed E-state index contributed by atoms with van der Waals surface area (Å²) in [5.41, 5.74) is 0.690. The molecule has 0 radical (unpaired) electrons. The highest BCUT2D eigenvalue weighted by atomic mass is 19.3. The largest absolute Gasteiger partial charge is 0.461 e. The van der Waals surface area contributed by atoms with E-state index in [4.69, 9.17) is 33.2 Å². The van der Waals surface area contributed by atoms with E-state index in [1.54, 1.807) is 72.8 Å². The minimum atomic E-state index is -3.09. The summed E-state index contributed by atoms with van der Waals surface area (Å²) in [7, 11) is 0. The van der Waals surface area contributed by atoms with E-state index < -0.39 is 85.7 Å². The summed E-state index contributed by atoms with van der Waals surface area (Å²) < 4.78 is 89.7. The minimum Gasteiger partial charge on any atom is -0.461 e. The maximum absolute atomic E-state index is 16.5. The van der Waals surface area contributed by atoms with Gasteiger partial charge in [0.1, 0.15) is 36.1 Å². The second kappa shape index (κ2) is 22.5. The monoisotopic (exact) mass is 932 g/mol. The molecule has 1 saturated heterocycles. The number of hydrogen-bond donors (Lipinski definition) is 0. The van der Waals surface area contributed by atoms with Crippen molar-refractivity contribution >= 4 is 29.8 Å². The third-order valence-electron chi connectivity index (χ3n) is 10.5. The smallest absolute Gasteiger partial charge is 0.387 e. The number of alkyl halides is 2. The zero-order valence-corrected chi connectivity index (χ0v) is 36.4. The molecular weight excluding hydrogens is 890 g/mol. The fourth-order valence-corrected chi connectivity index (χ4v) is 7.21. The molecule has 0 N–H and O–H groups in total. The zero-order valence-electron chi connectivity index (χ0n) is 36.4. The molecule has 350 valence electrons. The summed E-state index contributed by atoms with van der Waals surface area (Å²) in [4.78, 5) is 67.8. The highest BCUT2D eigenvalue weighted by Crippen LogP contribution is 2.37. The van der Waals surface area contributed by atoms with E-state index in [2.05, 4.69) is 4.74 Å². The fourth-order valence-electron chi connectivity index (χ4n) is 7.21. The van der Waals surface area contributed by atoms with Crippen LogP contribution in [0.15, 0.2) is 158 Å². The quantitative estimate of drug-likeness (QED) is 0.0630. The number of benzene rings is 6. The van der Waals surface area contributed by atoms with Gasteiger partial charge in [-0.15, -0.1) is 0 Å². The topological polar surface area (TPSA) is 159 Å². The van der Waals surface area contributed by atoms with Crippen molar-refractivity contribution < 1.29 is 75.0 Å². The Hall–Kier alpha value is -7.98. The number of halogens is 3. The van der Waals surface area contributed by atoms with Crippen LogP contribution in [0.4, 0.5) is 13.2 Å². The zero-order chi connectivity index (χ0) is 48.2. The van der Waals surface area contributed by atoms with Gasteiger partial charge in [0.25, 0.3) is 0 Å². The van der Waals surface area contributed by atoms with Gasteiger partial charge in [-0.2, -0.15) is 8.78 Å². The van der Waals surface area contributed by atoms with Gasteiger partial charge in [0.15, 0.2) is 12.2 Å². The first kappa shape index (κ1) is 48.0. The summed E-state index contributed by atoms with van der Waals surface area (Å²) in [5, 5.41) is 0. The minimum absolute atomic E-state index is 0.0406. The molecular formula is C52H43F3O13. The van der Waals surface area contributed by atoms with Crippen LogP contribution in [0.1, 0.15) is 72.0 Å². The highest BCUT2D eigenvalue weighted by molar-refractivity contribution is 5.91. The Bertz CT molecular complexity index is 2670. The van der Waals surface area contributed by atoms with E-state index in [1.807, 2.05) is 0 Å². The first-order valence-corrected chi connectivity index (χ1v) is 21.2. The Morgan fingerprint density at radius 1 is 0.588 bits per heavy atom. The Morgan fingerprint density at radius 2 is 1.06 bits per heavy atom. The molecule has 13 nitrogen and oxygen atoms in total. The van der Waals surface area contributed by atoms with Gasteiger partial charge in [-0.05, 0) is 90.8 Å². The Labute approximate surface area is 388 Å². The molecule has 0 aliphatic carbocycles. The maximum Gasteiger partial charge on any atom is 0.387 e. The number of esters is 5. The van der Waals surface area contributed by atoms with E-state index >= 15 is 4.39 Å². The van der Waals surface area contributed by atoms with Gasteiger partial charge in [0.05, 0.1) is 22.3 Å². The van der Waals surface area contributed by atoms with Gasteiger partial charge in [0.2, 0.25) is 12.4 Å². The third-order valence-corrected chi connectivity index (χ3v) is 10.5. The molecule has 7 rings (SSSR count). The van der Waals surface area contributed by atoms with Crippen molar-refractivity contribution in [2.75, 3.05) is 0 Å². The van der Waals surface area contributed by atoms with E-state index in [0.717, 1.165) is 13.0 Å². The van der Waals surface area contributed by atoms with Crippen LogP contribution in [0.3, 0.4) is 0 Å². The van der Waals surface area contributed by atoms with Crippen LogP contribution in [0.5, 0.6) is 11.5 Å². The van der Waals surface area contributed by atoms with E-state index in [-0.39, 0.29) is 51.3 Å². The van der Waals surface area contributed by atoms with Crippen molar-refractivity contribution in [2.24, 2.45) is 0 Å². The SMILES string of the molecule is CC(=O)OCc1cc(F)c(Cc2ccc(OC(F)F)cc2)c(O[C@@H]2O[C@H]([C@@H](C)OC(=O)c3ccccc3)[C@@H](OC(=O)c3ccccc3)[C@H](OC(=O)c3ccccc3)[C@H]2OC(=O)c2ccccc2)c1. The van der Waals surface area contributed by atoms with Gasteiger partial charge < -0.3 is 37.9 Å². The van der Waals surface area contributed by atoms with E-state index in [0.29, 0.717) is 5.56 Å². The molecule has 1 heterocycles. The molecule has 68 heavy (non-hydrogen) atoms. The van der Waals surface area contributed by atoms with Gasteiger partial charge in [0, 0.05) is 18.9 Å². The fraction of sp³-hybridized carbons (Fsp3) is 0.212. The van der Waals surface area contributed by atoms with Crippen molar-refractivity contribution in [3.63, 3.8) is 0 Å². The normalized spacial score (nSPS) is 18.1. The molecule has 1 aliphatic rings. The summed E-state index contributed by atoms with van der Waals surface area (Å²) in [5.74, 6) is -5.61. The molecule has 0 bridgehead atoms. The molecule has 6 atom stereocenters. The van der Waals surface area contributed by atoms with Crippen LogP contribution < -0.4 is 9.47 Å². The lowest BCUT2D eigenvalue weighted by Crippen LogP contribution is -2.65. The van der Waals surface area contributed by atoms with Crippen molar-refractivity contribution in [1.29, 1.82) is 0 Å². The molecule has 0 spiro atoms. The summed E-state index contributed by atoms with van der Waals surface area (Å²) in [6.07, 6.45) is -10.5. The average Bonchev–Trinajstić information content (AvgIpc) is 3.34. The van der Waals surface area contributed by atoms with Crippen molar-refractivity contribution in [3.8, 4) is 11.5 Å². The average molecular weight is 933 g/mol. The van der Waals surface area contributed by atoms with Crippen LogP contribution in [0.2, 0.25) is 0 Å². The number of carbonyl (C=O) groups excluding carboxylic acids is 5. The van der Waals surface area contributed by atoms with Gasteiger partial charge in [-0.25, -0.2) is 23.6 Å². The molecule has 0 saturated carbocycles. The lowest BCUT2D eigenvalue weighted by Gasteiger charge is -2.45. The van der Waals surface area contributed by atoms with E-state index in [9.17, 15) is 32.8 Å². The standard InChI is InChI=1S/C52H43F3O13/c1-31(62-47(57)35-15-7-3-8-16-35)43-44(65-48(58)36-17-9-4-10-18-36)45(66-49(59)37-19-11-5-12-20-37)46(67-50(60)38-21-13-6-14-22-38)51(68-43)64-42-29-34(30-61-32(2)56)28-41(53)40(42)27-33-23-25-39(26-24-33)63-52(54)55/h3-26,28-29,31,43-46,51-52H,27,30H2,1-2H3/t31-,43-,44-,45+,46-,51-/m1/s1. The number of ether oxygens (including phenoxy) is 8. The molecule has 6 aromatic carbocycles. The molecule has 0 unspecified atom stereocenters. The second-order valence-electron chi connectivity index (χ2n) is 15.3. The summed E-state index contributed by atoms with van der Waals surface area (Å²) >= 11 is 0. The number of hydrogen-bond acceptors (Lipinski definition) is 13. The van der Waals surface area contributed by atoms with Crippen LogP contribution in [-0.4, -0.2) is 73.3 Å². The summed E-state index contributed by atoms with van der Waals surface area (Å²) in [6.45, 7) is -0.905. The number of carbonyl (C=O) groups is 5. The Balaban J connectivity index is 1.37. The first-order chi connectivity index (χ1) is 32.8. The van der Waals surface area contributed by atoms with Crippen LogP contribution >= 0.6 is 0 Å². The molecule has 16 heteroatoms. The molecule has 6 aromatic rings. The summed E-state index contributed by atoms with van der Waals surface area (Å²) in [6, 6.07) is 39.1. The first-order valence-electron chi connectivity index (χ1n) is 21.2. The van der Waals surface area contributed by atoms with Crippen LogP contribution in [-0.2, 0) is 46.2 Å². The third kappa shape index (κ3) is 12.5. The number of rotatable bonds is 17. The van der Waals surface area contributed by atoms with Gasteiger partial charge in [-0.1, -0.05) is 84.9 Å². The predicted octanol–water partition coefficient (Wildman–Crippen LogP) is 9.11. The molecule has 0 aromatic heterocycles. The lowest BCUT2D eigenvalue weighted by atomic mass is 9.94. The predicted molar refractivity (Wildman–Crippen MR) is 235 cm³/mol.